The van der Waals surface area contributed by atoms with E-state index < -0.39 is 5.82 Å². The summed E-state index contributed by atoms with van der Waals surface area (Å²) >= 11 is 5.95. The number of nitrogens with zero attached hydrogens (tertiary/aromatic N) is 3. The third kappa shape index (κ3) is 4.68. The van der Waals surface area contributed by atoms with Crippen LogP contribution in [0.4, 0.5) is 4.39 Å². The molecule has 3 heterocycles. The highest BCUT2D eigenvalue weighted by molar-refractivity contribution is 6.30. The quantitative estimate of drug-likeness (QED) is 0.376. The summed E-state index contributed by atoms with van der Waals surface area (Å²) in [5, 5.41) is 4.58. The van der Waals surface area contributed by atoms with Crippen molar-refractivity contribution in [2.75, 3.05) is 13.1 Å². The summed E-state index contributed by atoms with van der Waals surface area (Å²) in [5.41, 5.74) is 1.67. The highest BCUT2D eigenvalue weighted by atomic mass is 35.5. The van der Waals surface area contributed by atoms with Gasteiger partial charge in [-0.25, -0.2) is 9.37 Å². The van der Waals surface area contributed by atoms with Crippen LogP contribution < -0.4 is 0 Å². The number of carbonyl (C=O) groups excluding carboxylic acids is 1. The van der Waals surface area contributed by atoms with Crippen LogP contribution in [-0.2, 0) is 6.42 Å². The van der Waals surface area contributed by atoms with E-state index in [2.05, 4.69) is 10.1 Å². The molecule has 4 aromatic rings. The molecule has 0 spiro atoms. The van der Waals surface area contributed by atoms with Crippen LogP contribution in [0, 0.1) is 5.82 Å². The van der Waals surface area contributed by atoms with Gasteiger partial charge in [-0.05, 0) is 42.7 Å². The topological polar surface area (TPSA) is 72.4 Å². The molecule has 0 bridgehead atoms. The molecule has 168 valence electrons. The van der Waals surface area contributed by atoms with E-state index in [1.807, 2.05) is 24.3 Å². The van der Waals surface area contributed by atoms with Crippen molar-refractivity contribution in [3.05, 3.63) is 94.6 Å². The number of likely N-dealkylation sites (tertiary alicyclic amines) is 1. The van der Waals surface area contributed by atoms with Crippen molar-refractivity contribution < 1.29 is 18.1 Å². The summed E-state index contributed by atoms with van der Waals surface area (Å²) in [6.07, 6.45) is 4.05. The van der Waals surface area contributed by atoms with Crippen LogP contribution in [0.15, 0.2) is 69.7 Å². The fraction of sp³-hybridized carbons (Fsp3) is 0.240. The van der Waals surface area contributed by atoms with Crippen molar-refractivity contribution in [2.24, 2.45) is 0 Å². The number of rotatable bonds is 5. The first-order valence-electron chi connectivity index (χ1n) is 10.8. The van der Waals surface area contributed by atoms with Gasteiger partial charge >= 0.3 is 0 Å². The lowest BCUT2D eigenvalue weighted by molar-refractivity contribution is 0.0656. The van der Waals surface area contributed by atoms with E-state index in [0.29, 0.717) is 41.7 Å². The zero-order chi connectivity index (χ0) is 22.8. The van der Waals surface area contributed by atoms with Gasteiger partial charge in [0.25, 0.3) is 5.91 Å². The van der Waals surface area contributed by atoms with E-state index in [-0.39, 0.29) is 17.6 Å². The third-order valence-electron chi connectivity index (χ3n) is 5.79. The fourth-order valence-electron chi connectivity index (χ4n) is 4.09. The Morgan fingerprint density at radius 3 is 2.82 bits per heavy atom. The lowest BCUT2D eigenvalue weighted by atomic mass is 9.97. The summed E-state index contributed by atoms with van der Waals surface area (Å²) in [4.78, 5) is 19.2. The Morgan fingerprint density at radius 1 is 1.18 bits per heavy atom. The van der Waals surface area contributed by atoms with Gasteiger partial charge in [0, 0.05) is 36.2 Å². The number of piperidine rings is 1. The Labute approximate surface area is 195 Å². The minimum absolute atomic E-state index is 0.00405. The molecule has 1 saturated heterocycles. The molecule has 0 aliphatic carbocycles. The molecular weight excluding hydrogens is 445 g/mol. The van der Waals surface area contributed by atoms with Crippen molar-refractivity contribution in [1.29, 1.82) is 0 Å². The van der Waals surface area contributed by atoms with Crippen molar-refractivity contribution >= 4 is 17.5 Å². The summed E-state index contributed by atoms with van der Waals surface area (Å²) in [6.45, 7) is 1.07. The minimum atomic E-state index is -0.416. The van der Waals surface area contributed by atoms with Crippen LogP contribution >= 0.6 is 11.6 Å². The second kappa shape index (κ2) is 9.19. The smallest absolute Gasteiger partial charge is 0.292 e. The predicted octanol–water partition coefficient (Wildman–Crippen LogP) is 5.73. The molecule has 5 rings (SSSR count). The molecule has 1 fully saturated rings. The highest BCUT2D eigenvalue weighted by Gasteiger charge is 2.30. The zero-order valence-electron chi connectivity index (χ0n) is 17.7. The lowest BCUT2D eigenvalue weighted by Crippen LogP contribution is -2.39. The number of aromatic nitrogens is 2. The Bertz CT molecular complexity index is 1270. The van der Waals surface area contributed by atoms with Crippen LogP contribution in [0.5, 0.6) is 0 Å². The molecule has 1 atom stereocenters. The molecule has 1 aliphatic rings. The summed E-state index contributed by atoms with van der Waals surface area (Å²) < 4.78 is 25.3. The van der Waals surface area contributed by atoms with Crippen molar-refractivity contribution in [3.8, 4) is 11.3 Å². The average Bonchev–Trinajstić information content (AvgIpc) is 3.51. The second-order valence-electron chi connectivity index (χ2n) is 8.11. The van der Waals surface area contributed by atoms with Gasteiger partial charge in [-0.1, -0.05) is 41.0 Å². The van der Waals surface area contributed by atoms with Gasteiger partial charge in [0.15, 0.2) is 5.89 Å². The fourth-order valence-corrected chi connectivity index (χ4v) is 4.21. The summed E-state index contributed by atoms with van der Waals surface area (Å²) in [7, 11) is 0. The van der Waals surface area contributed by atoms with Crippen LogP contribution in [0.2, 0.25) is 5.02 Å². The molecule has 0 unspecified atom stereocenters. The number of halogens is 2. The molecule has 1 amide bonds. The van der Waals surface area contributed by atoms with Gasteiger partial charge in [0.1, 0.15) is 17.3 Å². The molecule has 2 aromatic heterocycles. The van der Waals surface area contributed by atoms with Crippen LogP contribution in [0.1, 0.15) is 46.5 Å². The number of oxazole rings is 1. The monoisotopic (exact) mass is 465 g/mol. The first kappa shape index (κ1) is 21.4. The molecular formula is C25H21ClFN3O3. The van der Waals surface area contributed by atoms with Gasteiger partial charge < -0.3 is 13.8 Å². The number of amides is 1. The number of hydrogen-bond donors (Lipinski definition) is 0. The molecule has 6 nitrogen and oxygen atoms in total. The van der Waals surface area contributed by atoms with Crippen molar-refractivity contribution in [3.63, 3.8) is 0 Å². The molecule has 2 aromatic carbocycles. The third-order valence-corrected chi connectivity index (χ3v) is 6.04. The molecule has 0 radical (unpaired) electrons. The largest absolute Gasteiger partial charge is 0.445 e. The minimum Gasteiger partial charge on any atom is -0.445 e. The molecule has 0 saturated carbocycles. The van der Waals surface area contributed by atoms with Crippen LogP contribution in [0.3, 0.4) is 0 Å². The van der Waals surface area contributed by atoms with Crippen LogP contribution in [-0.4, -0.2) is 34.0 Å². The average molecular weight is 466 g/mol. The summed E-state index contributed by atoms with van der Waals surface area (Å²) in [5.74, 6) is 0.783. The van der Waals surface area contributed by atoms with E-state index in [0.717, 1.165) is 24.2 Å². The van der Waals surface area contributed by atoms with Crippen molar-refractivity contribution in [2.45, 2.75) is 25.2 Å². The first-order valence-corrected chi connectivity index (χ1v) is 11.1. The maximum atomic E-state index is 14.0. The lowest BCUT2D eigenvalue weighted by Gasteiger charge is -2.30. The Kier molecular flexibility index (Phi) is 5.96. The SMILES string of the molecule is O=C(c1cc(-c2ccccc2F)no1)N1CCC[C@H](c2ncc(Cc3ccc(Cl)cc3)o2)C1. The Morgan fingerprint density at radius 2 is 2.00 bits per heavy atom. The Balaban J connectivity index is 1.26. The molecule has 1 aliphatic heterocycles. The van der Waals surface area contributed by atoms with E-state index in [1.165, 1.54) is 12.1 Å². The Hall–Kier alpha value is -3.45. The van der Waals surface area contributed by atoms with Gasteiger partial charge in [0.05, 0.1) is 12.1 Å². The standard InChI is InChI=1S/C25H21ClFN3O3/c26-18-9-7-16(8-10-18)12-19-14-28-24(32-19)17-4-3-11-30(15-17)25(31)23-13-22(29-33-23)20-5-1-2-6-21(20)27/h1-2,5-10,13-14,17H,3-4,11-12,15H2/t17-/m0/s1. The zero-order valence-corrected chi connectivity index (χ0v) is 18.5. The maximum Gasteiger partial charge on any atom is 0.292 e. The molecule has 8 heteroatoms. The predicted molar refractivity (Wildman–Crippen MR) is 121 cm³/mol. The van der Waals surface area contributed by atoms with E-state index in [1.54, 1.807) is 29.3 Å². The van der Waals surface area contributed by atoms with Crippen molar-refractivity contribution in [1.82, 2.24) is 15.0 Å². The van der Waals surface area contributed by atoms with Gasteiger partial charge in [0.2, 0.25) is 5.76 Å². The van der Waals surface area contributed by atoms with E-state index >= 15 is 0 Å². The number of benzene rings is 2. The van der Waals surface area contributed by atoms with Gasteiger partial charge in [-0.2, -0.15) is 0 Å². The normalized spacial score (nSPS) is 16.2. The summed E-state index contributed by atoms with van der Waals surface area (Å²) in [6, 6.07) is 15.3. The first-order chi connectivity index (χ1) is 16.1. The number of carbonyl (C=O) groups is 1. The highest BCUT2D eigenvalue weighted by Crippen LogP contribution is 2.29. The number of hydrogen-bond acceptors (Lipinski definition) is 5. The van der Waals surface area contributed by atoms with Gasteiger partial charge in [-0.15, -0.1) is 0 Å². The van der Waals surface area contributed by atoms with E-state index in [9.17, 15) is 9.18 Å². The van der Waals surface area contributed by atoms with Gasteiger partial charge in [-0.3, -0.25) is 4.79 Å². The second-order valence-corrected chi connectivity index (χ2v) is 8.55. The molecule has 0 N–H and O–H groups in total. The van der Waals surface area contributed by atoms with E-state index in [4.69, 9.17) is 20.5 Å². The maximum absolute atomic E-state index is 14.0. The molecule has 33 heavy (non-hydrogen) atoms. The van der Waals surface area contributed by atoms with Crippen LogP contribution in [0.25, 0.3) is 11.3 Å².